The molecule has 7 heteroatoms. The van der Waals surface area contributed by atoms with Gasteiger partial charge in [-0.25, -0.2) is 0 Å². The highest BCUT2D eigenvalue weighted by molar-refractivity contribution is 7.98. The van der Waals surface area contributed by atoms with Gasteiger partial charge in [-0.3, -0.25) is 4.40 Å². The molecule has 0 radical (unpaired) electrons. The Morgan fingerprint density at radius 1 is 1.30 bits per heavy atom. The molecule has 1 aliphatic heterocycles. The van der Waals surface area contributed by atoms with Crippen molar-refractivity contribution in [1.29, 1.82) is 0 Å². The molecular formula is C20H19N3O2S2. The van der Waals surface area contributed by atoms with Crippen LogP contribution in [-0.2, 0) is 12.2 Å². The van der Waals surface area contributed by atoms with E-state index in [2.05, 4.69) is 57.9 Å². The van der Waals surface area contributed by atoms with E-state index >= 15 is 0 Å². The number of hydrogen-bond acceptors (Lipinski definition) is 6. The van der Waals surface area contributed by atoms with Gasteiger partial charge in [-0.1, -0.05) is 35.2 Å². The molecule has 0 bridgehead atoms. The van der Waals surface area contributed by atoms with Gasteiger partial charge in [0, 0.05) is 23.3 Å². The van der Waals surface area contributed by atoms with Gasteiger partial charge in [0.15, 0.2) is 5.16 Å². The topological polar surface area (TPSA) is 48.7 Å². The predicted octanol–water partition coefficient (Wildman–Crippen LogP) is 4.96. The van der Waals surface area contributed by atoms with E-state index < -0.39 is 0 Å². The molecule has 0 N–H and O–H groups in total. The molecule has 3 heterocycles. The molecular weight excluding hydrogens is 378 g/mol. The minimum Gasteiger partial charge on any atom is -0.494 e. The number of fused-ring (bicyclic) bond motifs is 4. The summed E-state index contributed by atoms with van der Waals surface area (Å²) in [4.78, 5) is 0.926. The van der Waals surface area contributed by atoms with Crippen molar-refractivity contribution in [1.82, 2.24) is 14.6 Å². The largest absolute Gasteiger partial charge is 0.494 e. The van der Waals surface area contributed by atoms with Crippen LogP contribution in [-0.4, -0.2) is 27.3 Å². The first kappa shape index (κ1) is 16.9. The zero-order valence-electron chi connectivity index (χ0n) is 15.1. The highest BCUT2D eigenvalue weighted by Crippen LogP contribution is 2.38. The number of benzene rings is 2. The van der Waals surface area contributed by atoms with E-state index in [1.54, 1.807) is 23.1 Å². The van der Waals surface area contributed by atoms with Crippen molar-refractivity contribution < 1.29 is 9.47 Å². The molecule has 0 amide bonds. The van der Waals surface area contributed by atoms with Crippen LogP contribution in [0.25, 0.3) is 15.2 Å². The van der Waals surface area contributed by atoms with Crippen molar-refractivity contribution in [3.63, 3.8) is 0 Å². The Kier molecular flexibility index (Phi) is 4.21. The van der Waals surface area contributed by atoms with Gasteiger partial charge in [-0.2, -0.15) is 0 Å². The standard InChI is InChI=1S/C20H19N3O2S2/c1-3-24-16-9-13-8-12(2)25-17(13)10-14(16)11-26-19-21-22-20-23(19)15-6-4-5-7-18(15)27-20/h4-7,9-10,12H,3,8,11H2,1-2H3. The third kappa shape index (κ3) is 2.95. The van der Waals surface area contributed by atoms with E-state index in [0.29, 0.717) is 6.61 Å². The number of rotatable bonds is 5. The minimum absolute atomic E-state index is 0.227. The van der Waals surface area contributed by atoms with Crippen LogP contribution in [0.1, 0.15) is 25.0 Å². The van der Waals surface area contributed by atoms with Gasteiger partial charge >= 0.3 is 0 Å². The monoisotopic (exact) mass is 397 g/mol. The van der Waals surface area contributed by atoms with Crippen LogP contribution in [0.15, 0.2) is 41.6 Å². The summed E-state index contributed by atoms with van der Waals surface area (Å²) in [5.74, 6) is 2.68. The summed E-state index contributed by atoms with van der Waals surface area (Å²) < 4.78 is 15.2. The molecule has 0 saturated carbocycles. The first-order valence-electron chi connectivity index (χ1n) is 9.03. The Hall–Kier alpha value is -2.25. The van der Waals surface area contributed by atoms with Crippen LogP contribution in [0.3, 0.4) is 0 Å². The molecule has 5 rings (SSSR count). The van der Waals surface area contributed by atoms with Crippen LogP contribution in [0.4, 0.5) is 0 Å². The van der Waals surface area contributed by atoms with E-state index in [1.807, 2.05) is 6.92 Å². The van der Waals surface area contributed by atoms with Crippen LogP contribution < -0.4 is 9.47 Å². The first-order valence-corrected chi connectivity index (χ1v) is 10.8. The van der Waals surface area contributed by atoms with Crippen molar-refractivity contribution in [2.45, 2.75) is 37.3 Å². The number of aromatic nitrogens is 3. The zero-order chi connectivity index (χ0) is 18.4. The second kappa shape index (κ2) is 6.73. The Morgan fingerprint density at radius 3 is 3.07 bits per heavy atom. The predicted molar refractivity (Wildman–Crippen MR) is 109 cm³/mol. The first-order chi connectivity index (χ1) is 13.2. The number of thiazole rings is 1. The van der Waals surface area contributed by atoms with Crippen molar-refractivity contribution in [3.8, 4) is 11.5 Å². The molecule has 4 aromatic rings. The molecule has 1 atom stereocenters. The fourth-order valence-electron chi connectivity index (χ4n) is 3.48. The average molecular weight is 398 g/mol. The van der Waals surface area contributed by atoms with Crippen molar-refractivity contribution in [2.75, 3.05) is 6.61 Å². The van der Waals surface area contributed by atoms with Crippen molar-refractivity contribution in [3.05, 3.63) is 47.5 Å². The summed E-state index contributed by atoms with van der Waals surface area (Å²) in [6, 6.07) is 12.6. The SMILES string of the molecule is CCOc1cc2c(cc1CSc1nnc3sc4ccccc4n13)OC(C)C2. The normalized spacial score (nSPS) is 16.0. The van der Waals surface area contributed by atoms with Gasteiger partial charge in [-0.15, -0.1) is 10.2 Å². The van der Waals surface area contributed by atoms with Gasteiger partial charge in [0.25, 0.3) is 0 Å². The number of para-hydroxylation sites is 1. The van der Waals surface area contributed by atoms with Crippen LogP contribution in [0.5, 0.6) is 11.5 Å². The lowest BCUT2D eigenvalue weighted by atomic mass is 10.1. The second-order valence-electron chi connectivity index (χ2n) is 6.59. The van der Waals surface area contributed by atoms with Crippen molar-refractivity contribution in [2.24, 2.45) is 0 Å². The third-order valence-electron chi connectivity index (χ3n) is 4.65. The number of nitrogens with zero attached hydrogens (tertiary/aromatic N) is 3. The summed E-state index contributed by atoms with van der Waals surface area (Å²) in [5.41, 5.74) is 3.51. The van der Waals surface area contributed by atoms with E-state index in [0.717, 1.165) is 44.9 Å². The summed E-state index contributed by atoms with van der Waals surface area (Å²) in [6.45, 7) is 4.77. The Balaban J connectivity index is 1.48. The maximum absolute atomic E-state index is 5.94. The molecule has 5 nitrogen and oxygen atoms in total. The molecule has 27 heavy (non-hydrogen) atoms. The number of ether oxygens (including phenoxy) is 2. The Bertz CT molecular complexity index is 1140. The molecule has 0 fully saturated rings. The van der Waals surface area contributed by atoms with Crippen LogP contribution in [0.2, 0.25) is 0 Å². The molecule has 138 valence electrons. The van der Waals surface area contributed by atoms with Gasteiger partial charge in [-0.05, 0) is 38.1 Å². The summed E-state index contributed by atoms with van der Waals surface area (Å²) in [6.07, 6.45) is 1.17. The average Bonchev–Trinajstić information content (AvgIpc) is 3.32. The number of thioether (sulfide) groups is 1. The van der Waals surface area contributed by atoms with E-state index in [9.17, 15) is 0 Å². The highest BCUT2D eigenvalue weighted by Gasteiger charge is 2.22. The fraction of sp³-hybridized carbons (Fsp3) is 0.300. The highest BCUT2D eigenvalue weighted by atomic mass is 32.2. The minimum atomic E-state index is 0.227. The summed E-state index contributed by atoms with van der Waals surface area (Å²) >= 11 is 3.34. The smallest absolute Gasteiger partial charge is 0.217 e. The van der Waals surface area contributed by atoms with Gasteiger partial charge in [0.1, 0.15) is 17.6 Å². The number of hydrogen-bond donors (Lipinski definition) is 0. The molecule has 0 saturated heterocycles. The van der Waals surface area contributed by atoms with Gasteiger partial charge in [0.2, 0.25) is 4.96 Å². The molecule has 2 aromatic carbocycles. The van der Waals surface area contributed by atoms with Crippen LogP contribution in [0, 0.1) is 0 Å². The maximum atomic E-state index is 5.94. The third-order valence-corrected chi connectivity index (χ3v) is 6.64. The fourth-order valence-corrected chi connectivity index (χ4v) is 5.42. The maximum Gasteiger partial charge on any atom is 0.217 e. The molecule has 2 aromatic heterocycles. The van der Waals surface area contributed by atoms with Gasteiger partial charge in [0.05, 0.1) is 16.8 Å². The second-order valence-corrected chi connectivity index (χ2v) is 8.54. The zero-order valence-corrected chi connectivity index (χ0v) is 16.8. The van der Waals surface area contributed by atoms with E-state index in [4.69, 9.17) is 9.47 Å². The molecule has 1 aliphatic rings. The quantitative estimate of drug-likeness (QED) is 0.446. The molecule has 1 unspecified atom stereocenters. The summed E-state index contributed by atoms with van der Waals surface area (Å²) in [7, 11) is 0. The van der Waals surface area contributed by atoms with Crippen molar-refractivity contribution >= 4 is 38.3 Å². The molecule has 0 spiro atoms. The van der Waals surface area contributed by atoms with Crippen LogP contribution >= 0.6 is 23.1 Å². The lowest BCUT2D eigenvalue weighted by Gasteiger charge is -2.12. The lowest BCUT2D eigenvalue weighted by Crippen LogP contribution is -2.05. The summed E-state index contributed by atoms with van der Waals surface area (Å²) in [5, 5.41) is 9.65. The van der Waals surface area contributed by atoms with Gasteiger partial charge < -0.3 is 9.47 Å². The molecule has 0 aliphatic carbocycles. The Morgan fingerprint density at radius 2 is 2.19 bits per heavy atom. The van der Waals surface area contributed by atoms with E-state index in [-0.39, 0.29) is 6.10 Å². The Labute approximate surface area is 165 Å². The lowest BCUT2D eigenvalue weighted by molar-refractivity contribution is 0.254. The van der Waals surface area contributed by atoms with E-state index in [1.165, 1.54) is 10.3 Å².